The van der Waals surface area contributed by atoms with Gasteiger partial charge in [-0.25, -0.2) is 18.0 Å². The van der Waals surface area contributed by atoms with E-state index in [4.69, 9.17) is 9.26 Å². The van der Waals surface area contributed by atoms with Gasteiger partial charge in [0.1, 0.15) is 11.4 Å². The largest absolute Gasteiger partial charge is 0.381 e. The summed E-state index contributed by atoms with van der Waals surface area (Å²) >= 11 is 0. The van der Waals surface area contributed by atoms with E-state index in [9.17, 15) is 18.0 Å². The topological polar surface area (TPSA) is 76.4 Å². The number of halogens is 3. The maximum absolute atomic E-state index is 13.7. The highest BCUT2D eigenvalue weighted by molar-refractivity contribution is 5.90. The third kappa shape index (κ3) is 3.60. The standard InChI is InChI=1S/C16H16F3N3O3/c1-9-6-13(25-22-9)16(2-4-24-5-3-16)21-15(23)20-12-8-10(17)7-11(18)14(12)19/h6-8H,2-5H2,1H3,(H2,20,21,23). The predicted molar refractivity (Wildman–Crippen MR) is 81.4 cm³/mol. The molecule has 2 aromatic rings. The van der Waals surface area contributed by atoms with Gasteiger partial charge in [0, 0.05) is 44.3 Å². The third-order valence-electron chi connectivity index (χ3n) is 4.04. The lowest BCUT2D eigenvalue weighted by molar-refractivity contribution is 0.0307. The molecule has 0 atom stereocenters. The number of amides is 2. The molecule has 1 aliphatic heterocycles. The normalized spacial score (nSPS) is 16.5. The second-order valence-corrected chi connectivity index (χ2v) is 5.86. The van der Waals surface area contributed by atoms with Gasteiger partial charge in [-0.2, -0.15) is 0 Å². The molecule has 0 aliphatic carbocycles. The molecular weight excluding hydrogens is 339 g/mol. The molecule has 25 heavy (non-hydrogen) atoms. The van der Waals surface area contributed by atoms with Crippen molar-refractivity contribution in [2.45, 2.75) is 25.3 Å². The van der Waals surface area contributed by atoms with Gasteiger partial charge in [-0.05, 0) is 6.92 Å². The van der Waals surface area contributed by atoms with Crippen LogP contribution in [0.5, 0.6) is 0 Å². The third-order valence-corrected chi connectivity index (χ3v) is 4.04. The maximum atomic E-state index is 13.7. The first-order chi connectivity index (χ1) is 11.9. The second-order valence-electron chi connectivity index (χ2n) is 5.86. The molecule has 0 radical (unpaired) electrons. The van der Waals surface area contributed by atoms with Crippen molar-refractivity contribution in [1.82, 2.24) is 10.5 Å². The van der Waals surface area contributed by atoms with Crippen molar-refractivity contribution in [2.24, 2.45) is 0 Å². The molecule has 9 heteroatoms. The quantitative estimate of drug-likeness (QED) is 0.829. The number of aromatic nitrogens is 1. The second kappa shape index (κ2) is 6.75. The number of benzene rings is 1. The predicted octanol–water partition coefficient (Wildman–Crippen LogP) is 3.23. The van der Waals surface area contributed by atoms with E-state index in [1.165, 1.54) is 0 Å². The average Bonchev–Trinajstić information content (AvgIpc) is 3.00. The highest BCUT2D eigenvalue weighted by atomic mass is 19.2. The van der Waals surface area contributed by atoms with Crippen LogP contribution in [0.15, 0.2) is 22.7 Å². The number of nitrogens with zero attached hydrogens (tertiary/aromatic N) is 1. The molecule has 1 fully saturated rings. The highest BCUT2D eigenvalue weighted by Crippen LogP contribution is 2.33. The van der Waals surface area contributed by atoms with Crippen molar-refractivity contribution in [2.75, 3.05) is 18.5 Å². The van der Waals surface area contributed by atoms with Crippen LogP contribution in [0.2, 0.25) is 0 Å². The van der Waals surface area contributed by atoms with Gasteiger partial charge in [-0.15, -0.1) is 0 Å². The van der Waals surface area contributed by atoms with Crippen molar-refractivity contribution in [3.8, 4) is 0 Å². The zero-order valence-electron chi connectivity index (χ0n) is 13.4. The minimum atomic E-state index is -1.39. The minimum absolute atomic E-state index is 0.378. The first-order valence-corrected chi connectivity index (χ1v) is 7.65. The van der Waals surface area contributed by atoms with Gasteiger partial charge < -0.3 is 19.9 Å². The van der Waals surface area contributed by atoms with Crippen LogP contribution in [-0.2, 0) is 10.3 Å². The van der Waals surface area contributed by atoms with E-state index in [2.05, 4.69) is 15.8 Å². The van der Waals surface area contributed by atoms with Crippen LogP contribution in [0.25, 0.3) is 0 Å². The summed E-state index contributed by atoms with van der Waals surface area (Å²) in [7, 11) is 0. The smallest absolute Gasteiger partial charge is 0.320 e. The van der Waals surface area contributed by atoms with E-state index in [0.717, 1.165) is 0 Å². The summed E-state index contributed by atoms with van der Waals surface area (Å²) < 4.78 is 50.8. The van der Waals surface area contributed by atoms with E-state index in [1.807, 2.05) is 0 Å². The number of nitrogens with one attached hydrogen (secondary N) is 2. The molecule has 1 aromatic carbocycles. The van der Waals surface area contributed by atoms with Gasteiger partial charge in [0.25, 0.3) is 0 Å². The fourth-order valence-corrected chi connectivity index (χ4v) is 2.76. The SMILES string of the molecule is Cc1cc(C2(NC(=O)Nc3cc(F)cc(F)c3F)CCOCC2)on1. The zero-order chi connectivity index (χ0) is 18.0. The lowest BCUT2D eigenvalue weighted by Gasteiger charge is -2.35. The van der Waals surface area contributed by atoms with E-state index in [1.54, 1.807) is 13.0 Å². The summed E-state index contributed by atoms with van der Waals surface area (Å²) in [5, 5.41) is 8.65. The van der Waals surface area contributed by atoms with Crippen LogP contribution in [0, 0.1) is 24.4 Å². The summed E-state index contributed by atoms with van der Waals surface area (Å²) in [6.45, 7) is 2.50. The Labute approximate surface area is 141 Å². The molecule has 134 valence electrons. The lowest BCUT2D eigenvalue weighted by Crippen LogP contribution is -2.50. The number of aryl methyl sites for hydroxylation is 1. The number of urea groups is 1. The number of rotatable bonds is 3. The molecule has 0 saturated carbocycles. The molecular formula is C16H16F3N3O3. The minimum Gasteiger partial charge on any atom is -0.381 e. The Bertz CT molecular complexity index is 788. The highest BCUT2D eigenvalue weighted by Gasteiger charge is 2.39. The molecule has 1 aromatic heterocycles. The van der Waals surface area contributed by atoms with Crippen molar-refractivity contribution in [3.63, 3.8) is 0 Å². The average molecular weight is 355 g/mol. The molecule has 2 heterocycles. The van der Waals surface area contributed by atoms with Gasteiger partial charge in [-0.3, -0.25) is 0 Å². The van der Waals surface area contributed by atoms with Crippen LogP contribution in [0.4, 0.5) is 23.7 Å². The van der Waals surface area contributed by atoms with Crippen molar-refractivity contribution < 1.29 is 27.2 Å². The van der Waals surface area contributed by atoms with Crippen LogP contribution < -0.4 is 10.6 Å². The molecule has 2 amide bonds. The number of carbonyl (C=O) groups excluding carboxylic acids is 1. The molecule has 0 spiro atoms. The molecule has 0 bridgehead atoms. The molecule has 1 saturated heterocycles. The lowest BCUT2D eigenvalue weighted by atomic mass is 9.87. The molecule has 2 N–H and O–H groups in total. The van der Waals surface area contributed by atoms with Gasteiger partial charge in [-0.1, -0.05) is 5.16 Å². The maximum Gasteiger partial charge on any atom is 0.320 e. The Morgan fingerprint density at radius 1 is 1.20 bits per heavy atom. The number of hydrogen-bond donors (Lipinski definition) is 2. The Morgan fingerprint density at radius 3 is 2.56 bits per heavy atom. The van der Waals surface area contributed by atoms with Crippen molar-refractivity contribution in [3.05, 3.63) is 47.1 Å². The Morgan fingerprint density at radius 2 is 1.92 bits per heavy atom. The first kappa shape index (κ1) is 17.3. The number of anilines is 1. The summed E-state index contributed by atoms with van der Waals surface area (Å²) in [4.78, 5) is 12.3. The van der Waals surface area contributed by atoms with Crippen molar-refractivity contribution in [1.29, 1.82) is 0 Å². The number of hydrogen-bond acceptors (Lipinski definition) is 4. The van der Waals surface area contributed by atoms with E-state index in [-0.39, 0.29) is 0 Å². The zero-order valence-corrected chi connectivity index (χ0v) is 13.4. The summed E-state index contributed by atoms with van der Waals surface area (Å²) in [5.41, 5.74) is -0.848. The van der Waals surface area contributed by atoms with E-state index in [0.29, 0.717) is 49.6 Å². The summed E-state index contributed by atoms with van der Waals surface area (Å²) in [5.74, 6) is -3.29. The summed E-state index contributed by atoms with van der Waals surface area (Å²) in [6, 6.07) is 1.97. The fourth-order valence-electron chi connectivity index (χ4n) is 2.76. The molecule has 0 unspecified atom stereocenters. The monoisotopic (exact) mass is 355 g/mol. The Balaban J connectivity index is 1.82. The van der Waals surface area contributed by atoms with E-state index >= 15 is 0 Å². The molecule has 1 aliphatic rings. The van der Waals surface area contributed by atoms with Gasteiger partial charge in [0.05, 0.1) is 11.4 Å². The van der Waals surface area contributed by atoms with Crippen LogP contribution >= 0.6 is 0 Å². The van der Waals surface area contributed by atoms with Gasteiger partial charge in [0.15, 0.2) is 17.4 Å². The fraction of sp³-hybridized carbons (Fsp3) is 0.375. The molecule has 6 nitrogen and oxygen atoms in total. The Hall–Kier alpha value is -2.55. The number of carbonyl (C=O) groups is 1. The van der Waals surface area contributed by atoms with Gasteiger partial charge in [0.2, 0.25) is 0 Å². The molecule has 3 rings (SSSR count). The first-order valence-electron chi connectivity index (χ1n) is 7.65. The van der Waals surface area contributed by atoms with E-state index < -0.39 is 34.7 Å². The van der Waals surface area contributed by atoms with Crippen molar-refractivity contribution >= 4 is 11.7 Å². The van der Waals surface area contributed by atoms with Gasteiger partial charge >= 0.3 is 6.03 Å². The van der Waals surface area contributed by atoms with Crippen LogP contribution in [-0.4, -0.2) is 24.4 Å². The Kier molecular flexibility index (Phi) is 4.67. The van der Waals surface area contributed by atoms with Crippen LogP contribution in [0.1, 0.15) is 24.3 Å². The number of ether oxygens (including phenoxy) is 1. The van der Waals surface area contributed by atoms with Crippen LogP contribution in [0.3, 0.4) is 0 Å². The summed E-state index contributed by atoms with van der Waals surface area (Å²) in [6.07, 6.45) is 0.824.